The molecule has 1 unspecified atom stereocenters. The monoisotopic (exact) mass is 441 g/mol. The van der Waals surface area contributed by atoms with Crippen LogP contribution in [0.3, 0.4) is 0 Å². The summed E-state index contributed by atoms with van der Waals surface area (Å²) >= 11 is 0. The van der Waals surface area contributed by atoms with E-state index < -0.39 is 5.82 Å². The number of aromatic nitrogens is 2. The third-order valence-corrected chi connectivity index (χ3v) is 5.89. The molecule has 2 aromatic rings. The first-order valence-corrected chi connectivity index (χ1v) is 11.0. The molecule has 170 valence electrons. The number of rotatable bonds is 6. The van der Waals surface area contributed by atoms with Gasteiger partial charge in [0, 0.05) is 25.3 Å². The van der Waals surface area contributed by atoms with Crippen molar-refractivity contribution in [3.8, 4) is 6.01 Å². The van der Waals surface area contributed by atoms with E-state index in [1.807, 2.05) is 24.3 Å². The Bertz CT molecular complexity index is 951. The lowest BCUT2D eigenvalue weighted by molar-refractivity contribution is -0.134. The molecule has 0 saturated carbocycles. The summed E-state index contributed by atoms with van der Waals surface area (Å²) in [5.41, 5.74) is 2.07. The van der Waals surface area contributed by atoms with Gasteiger partial charge in [-0.05, 0) is 36.5 Å². The molecule has 8 nitrogen and oxygen atoms in total. The van der Waals surface area contributed by atoms with E-state index in [2.05, 4.69) is 23.8 Å². The molecule has 2 fully saturated rings. The molecule has 4 rings (SSSR count). The maximum absolute atomic E-state index is 13.0. The van der Waals surface area contributed by atoms with Crippen molar-refractivity contribution in [2.75, 3.05) is 37.6 Å². The number of hydrogen-bond acceptors (Lipinski definition) is 5. The largest absolute Gasteiger partial charge is 0.458 e. The van der Waals surface area contributed by atoms with Gasteiger partial charge in [0.1, 0.15) is 12.6 Å². The van der Waals surface area contributed by atoms with Gasteiger partial charge in [0.2, 0.25) is 5.91 Å². The molecule has 0 radical (unpaired) electrons. The lowest BCUT2D eigenvalue weighted by Gasteiger charge is -2.33. The molecule has 0 bridgehead atoms. The number of carbonyl (C=O) groups is 2. The average Bonchev–Trinajstić information content (AvgIpc) is 3.15. The summed E-state index contributed by atoms with van der Waals surface area (Å²) in [6.07, 6.45) is 3.38. The molecule has 3 amide bonds. The molecule has 32 heavy (non-hydrogen) atoms. The van der Waals surface area contributed by atoms with Gasteiger partial charge >= 0.3 is 12.0 Å². The number of carbonyl (C=O) groups excluding carboxylic acids is 2. The summed E-state index contributed by atoms with van der Waals surface area (Å²) in [7, 11) is 0. The Labute approximate surface area is 187 Å². The van der Waals surface area contributed by atoms with E-state index >= 15 is 0 Å². The topological polar surface area (TPSA) is 78.9 Å². The maximum Gasteiger partial charge on any atom is 0.325 e. The zero-order valence-electron chi connectivity index (χ0n) is 18.4. The van der Waals surface area contributed by atoms with E-state index in [1.165, 1.54) is 5.56 Å². The van der Waals surface area contributed by atoms with Crippen LogP contribution < -0.4 is 9.64 Å². The van der Waals surface area contributed by atoms with Gasteiger partial charge in [0.05, 0.1) is 18.9 Å². The van der Waals surface area contributed by atoms with Crippen molar-refractivity contribution in [2.24, 2.45) is 0 Å². The number of hydrogen-bond donors (Lipinski definition) is 0. The van der Waals surface area contributed by atoms with Crippen LogP contribution in [-0.2, 0) is 4.79 Å². The van der Waals surface area contributed by atoms with Crippen LogP contribution >= 0.6 is 0 Å². The molecule has 0 N–H and O–H groups in total. The molecule has 1 aromatic carbocycles. The van der Waals surface area contributed by atoms with Gasteiger partial charge in [-0.15, -0.1) is 0 Å². The number of urea groups is 1. The smallest absolute Gasteiger partial charge is 0.325 e. The molecule has 2 aliphatic rings. The van der Waals surface area contributed by atoms with Crippen LogP contribution in [0.25, 0.3) is 0 Å². The number of anilines is 1. The Morgan fingerprint density at radius 1 is 1.16 bits per heavy atom. The first kappa shape index (κ1) is 22.0. The number of benzene rings is 1. The third-order valence-electron chi connectivity index (χ3n) is 5.89. The average molecular weight is 442 g/mol. The van der Waals surface area contributed by atoms with Gasteiger partial charge < -0.3 is 14.5 Å². The van der Waals surface area contributed by atoms with Crippen molar-refractivity contribution in [1.82, 2.24) is 19.8 Å². The Morgan fingerprint density at radius 2 is 1.88 bits per heavy atom. The third kappa shape index (κ3) is 4.98. The number of ether oxygens (including phenoxy) is 1. The fraction of sp³-hybridized carbons (Fsp3) is 0.478. The molecule has 0 spiro atoms. The van der Waals surface area contributed by atoms with E-state index in [0.29, 0.717) is 32.1 Å². The SMILES string of the molecule is CC(C)c1ccc(N2CCN(CC(=O)N3CCCC(Oc4ncc(F)cn4)C3)C2=O)cc1. The summed E-state index contributed by atoms with van der Waals surface area (Å²) in [6, 6.07) is 7.95. The maximum atomic E-state index is 13.0. The van der Waals surface area contributed by atoms with Crippen molar-refractivity contribution >= 4 is 17.6 Å². The lowest BCUT2D eigenvalue weighted by Crippen LogP contribution is -2.48. The molecule has 1 atom stereocenters. The predicted octanol–water partition coefficient (Wildman–Crippen LogP) is 3.05. The summed E-state index contributed by atoms with van der Waals surface area (Å²) in [4.78, 5) is 38.4. The highest BCUT2D eigenvalue weighted by Crippen LogP contribution is 2.24. The number of halogens is 1. The molecule has 1 aromatic heterocycles. The van der Waals surface area contributed by atoms with Crippen LogP contribution in [0, 0.1) is 5.82 Å². The summed E-state index contributed by atoms with van der Waals surface area (Å²) < 4.78 is 18.7. The van der Waals surface area contributed by atoms with E-state index in [4.69, 9.17) is 4.74 Å². The van der Waals surface area contributed by atoms with E-state index in [1.54, 1.807) is 14.7 Å². The molecule has 9 heteroatoms. The van der Waals surface area contributed by atoms with E-state index in [9.17, 15) is 14.0 Å². The second kappa shape index (κ2) is 9.50. The standard InChI is InChI=1S/C23H28FN5O3/c1-16(2)17-5-7-19(8-6-17)29-11-10-28(23(29)31)15-21(30)27-9-3-4-20(14-27)32-22-25-12-18(24)13-26-22/h5-8,12-13,16,20H,3-4,9-11,14-15H2,1-2H3. The highest BCUT2D eigenvalue weighted by molar-refractivity contribution is 5.96. The summed E-state index contributed by atoms with van der Waals surface area (Å²) in [5.74, 6) is -0.207. The molecule has 2 aliphatic heterocycles. The minimum absolute atomic E-state index is 0.0409. The minimum atomic E-state index is -0.530. The number of amides is 3. The van der Waals surface area contributed by atoms with Crippen molar-refractivity contribution < 1.29 is 18.7 Å². The first-order chi connectivity index (χ1) is 15.4. The van der Waals surface area contributed by atoms with Gasteiger partial charge in [-0.3, -0.25) is 9.69 Å². The van der Waals surface area contributed by atoms with Crippen molar-refractivity contribution in [1.29, 1.82) is 0 Å². The molecular weight excluding hydrogens is 413 g/mol. The van der Waals surface area contributed by atoms with Gasteiger partial charge in [-0.1, -0.05) is 26.0 Å². The zero-order chi connectivity index (χ0) is 22.7. The number of nitrogens with zero attached hydrogens (tertiary/aromatic N) is 5. The Hall–Kier alpha value is -3.23. The second-order valence-electron chi connectivity index (χ2n) is 8.51. The highest BCUT2D eigenvalue weighted by Gasteiger charge is 2.33. The normalized spacial score (nSPS) is 19.1. The molecule has 2 saturated heterocycles. The molecular formula is C23H28FN5O3. The molecule has 3 heterocycles. The van der Waals surface area contributed by atoms with Crippen molar-refractivity contribution in [2.45, 2.75) is 38.7 Å². The summed E-state index contributed by atoms with van der Waals surface area (Å²) in [6.45, 7) is 6.37. The predicted molar refractivity (Wildman–Crippen MR) is 117 cm³/mol. The highest BCUT2D eigenvalue weighted by atomic mass is 19.1. The Balaban J connectivity index is 1.32. The van der Waals surface area contributed by atoms with Crippen LogP contribution in [0.15, 0.2) is 36.7 Å². The second-order valence-corrected chi connectivity index (χ2v) is 8.51. The minimum Gasteiger partial charge on any atom is -0.458 e. The lowest BCUT2D eigenvalue weighted by atomic mass is 10.0. The van der Waals surface area contributed by atoms with Gasteiger partial charge in [0.15, 0.2) is 5.82 Å². The Morgan fingerprint density at radius 3 is 2.56 bits per heavy atom. The Kier molecular flexibility index (Phi) is 6.53. The number of piperidine rings is 1. The van der Waals surface area contributed by atoms with Crippen molar-refractivity contribution in [3.63, 3.8) is 0 Å². The fourth-order valence-corrected chi connectivity index (χ4v) is 4.04. The first-order valence-electron chi connectivity index (χ1n) is 11.0. The fourth-order valence-electron chi connectivity index (χ4n) is 4.04. The van der Waals surface area contributed by atoms with Crippen molar-refractivity contribution in [3.05, 3.63) is 48.0 Å². The molecule has 0 aliphatic carbocycles. The van der Waals surface area contributed by atoms with Crippen LogP contribution in [0.5, 0.6) is 6.01 Å². The van der Waals surface area contributed by atoms with Crippen LogP contribution in [0.4, 0.5) is 14.9 Å². The zero-order valence-corrected chi connectivity index (χ0v) is 18.4. The van der Waals surface area contributed by atoms with E-state index in [0.717, 1.165) is 30.9 Å². The van der Waals surface area contributed by atoms with Crippen LogP contribution in [-0.4, -0.2) is 70.5 Å². The van der Waals surface area contributed by atoms with Gasteiger partial charge in [-0.25, -0.2) is 19.2 Å². The number of likely N-dealkylation sites (tertiary alicyclic amines) is 1. The van der Waals surface area contributed by atoms with Gasteiger partial charge in [0.25, 0.3) is 0 Å². The van der Waals surface area contributed by atoms with Gasteiger partial charge in [-0.2, -0.15) is 0 Å². The van der Waals surface area contributed by atoms with Crippen LogP contribution in [0.2, 0.25) is 0 Å². The van der Waals surface area contributed by atoms with Crippen LogP contribution in [0.1, 0.15) is 38.2 Å². The summed E-state index contributed by atoms with van der Waals surface area (Å²) in [5, 5.41) is 0. The van der Waals surface area contributed by atoms with E-state index in [-0.39, 0.29) is 30.6 Å². The quantitative estimate of drug-likeness (QED) is 0.689.